The van der Waals surface area contributed by atoms with Crippen LogP contribution in [-0.4, -0.2) is 0 Å². The van der Waals surface area contributed by atoms with Gasteiger partial charge in [-0.1, -0.05) is 0 Å². The van der Waals surface area contributed by atoms with Gasteiger partial charge in [0.2, 0.25) is 0 Å². The molecule has 0 fully saturated rings. The minimum absolute atomic E-state index is 0. The van der Waals surface area contributed by atoms with E-state index >= 15 is 0 Å². The fraction of sp³-hybridized carbons (Fsp3) is 0. The molecule has 0 N–H and O–H groups in total. The maximum atomic E-state index is 2.48. The molecule has 1 aliphatic rings. The van der Waals surface area contributed by atoms with Gasteiger partial charge in [0.1, 0.15) is 0 Å². The number of hydrogen-bond acceptors (Lipinski definition) is 0. The molecule has 38 valence electrons. The van der Waals surface area contributed by atoms with Gasteiger partial charge in [-0.3, -0.25) is 0 Å². The Morgan fingerprint density at radius 3 is 1.67 bits per heavy atom. The van der Waals surface area contributed by atoms with Gasteiger partial charge in [0.15, 0.2) is 0 Å². The van der Waals surface area contributed by atoms with Gasteiger partial charge in [-0.05, 0) is 0 Å². The van der Waals surface area contributed by atoms with Crippen molar-refractivity contribution in [3.8, 4) is 0 Å². The number of hydrogen-bond donors (Lipinski definition) is 0. The molecule has 0 unspecified atom stereocenters. The second kappa shape index (κ2) is 5.78. The molecule has 0 aliphatic carbocycles. The van der Waals surface area contributed by atoms with Crippen LogP contribution in [-0.2, 0) is 21.7 Å². The summed E-state index contributed by atoms with van der Waals surface area (Å²) in [6.45, 7) is 0. The van der Waals surface area contributed by atoms with E-state index in [-0.39, 0.29) is 21.7 Å². The van der Waals surface area contributed by atoms with Crippen molar-refractivity contribution in [2.45, 2.75) is 0 Å². The van der Waals surface area contributed by atoms with Crippen LogP contribution in [0.25, 0.3) is 0 Å². The van der Waals surface area contributed by atoms with E-state index in [0.29, 0.717) is 34.5 Å². The normalized spacial score (nSPS) is 21.3. The second-order valence-electron chi connectivity index (χ2n) is 0.533. The molecular formula is C2H5I3Ti. The molecule has 0 saturated carbocycles. The first kappa shape index (κ1) is 8.64. The van der Waals surface area contributed by atoms with Gasteiger partial charge >= 0.3 is 55.9 Å². The minimum Gasteiger partial charge on any atom is 0 e. The molecule has 0 radical (unpaired) electrons. The van der Waals surface area contributed by atoms with E-state index < -0.39 is 0 Å². The third-order valence-electron chi connectivity index (χ3n) is 0.245. The fourth-order valence-electron chi connectivity index (χ4n) is 0.113. The first-order chi connectivity index (χ1) is 2.50. The molecule has 1 heterocycles. The summed E-state index contributed by atoms with van der Waals surface area (Å²) >= 11 is 1.98. The Balaban J connectivity index is 0.000000250. The van der Waals surface area contributed by atoms with Crippen LogP contribution in [0.3, 0.4) is 0 Å². The van der Waals surface area contributed by atoms with Crippen LogP contribution in [0.5, 0.6) is 0 Å². The average molecular weight is 458 g/mol. The van der Waals surface area contributed by atoms with Gasteiger partial charge in [0.25, 0.3) is 0 Å². The summed E-state index contributed by atoms with van der Waals surface area (Å²) in [6.07, 6.45) is 0. The maximum Gasteiger partial charge on any atom is 0 e. The topological polar surface area (TPSA) is 0 Å². The summed E-state index contributed by atoms with van der Waals surface area (Å²) < 4.78 is 4.96. The zero-order chi connectivity index (χ0) is 3.54. The van der Waals surface area contributed by atoms with Crippen molar-refractivity contribution in [2.24, 2.45) is 0 Å². The maximum absolute atomic E-state index is 2.48. The standard InChI is InChI=1S/C2H5I3.Ti/c1-2-4-5-3-1;/h1-5H;. The van der Waals surface area contributed by atoms with Crippen LogP contribution >= 0.6 is 47.7 Å². The van der Waals surface area contributed by atoms with E-state index in [1.165, 1.54) is 0 Å². The van der Waals surface area contributed by atoms with E-state index in [0.717, 1.165) is 13.3 Å². The molecule has 0 bridgehead atoms. The number of halogens is 3. The largest absolute Gasteiger partial charge is 0 e. The smallest absolute Gasteiger partial charge is 0 e. The monoisotopic (exact) mass is 458 g/mol. The third kappa shape index (κ3) is 3.62. The van der Waals surface area contributed by atoms with Crippen LogP contribution < -0.4 is 0 Å². The zero-order valence-electron chi connectivity index (χ0n) is 2.88. The van der Waals surface area contributed by atoms with Crippen LogP contribution in [0.4, 0.5) is 0 Å². The first-order valence-electron chi connectivity index (χ1n) is 1.14. The number of rotatable bonds is 0. The Hall–Kier alpha value is 2.64. The van der Waals surface area contributed by atoms with Crippen molar-refractivity contribution in [1.29, 1.82) is 0 Å². The molecular weight excluding hydrogens is 453 g/mol. The van der Waals surface area contributed by atoms with Crippen molar-refractivity contribution < 1.29 is 21.7 Å². The Kier molecular flexibility index (Phi) is 8.32. The second-order valence-corrected chi connectivity index (χ2v) is 31.0. The van der Waals surface area contributed by atoms with Crippen molar-refractivity contribution >= 4 is 47.7 Å². The van der Waals surface area contributed by atoms with Crippen LogP contribution in [0.1, 0.15) is 0 Å². The molecule has 0 spiro atoms. The molecule has 0 nitrogen and oxygen atoms in total. The van der Waals surface area contributed by atoms with Gasteiger partial charge < -0.3 is 0 Å². The van der Waals surface area contributed by atoms with Crippen molar-refractivity contribution in [3.63, 3.8) is 0 Å². The summed E-state index contributed by atoms with van der Waals surface area (Å²) in [5, 5.41) is 0. The molecule has 0 amide bonds. The van der Waals surface area contributed by atoms with Crippen molar-refractivity contribution in [1.82, 2.24) is 0 Å². The molecule has 0 saturated heterocycles. The summed E-state index contributed by atoms with van der Waals surface area (Å²) in [7, 11) is 0. The molecule has 4 heteroatoms. The predicted molar refractivity (Wildman–Crippen MR) is 55.4 cm³/mol. The van der Waals surface area contributed by atoms with Crippen LogP contribution in [0, 0.1) is 0 Å². The third-order valence-corrected chi connectivity index (χ3v) is 31.2. The molecule has 0 atom stereocenters. The summed E-state index contributed by atoms with van der Waals surface area (Å²) in [6, 6.07) is 0. The Bertz CT molecular complexity index is 46.8. The SMILES string of the molecule is C1=C[IH][IH][IH]1.[Ti]. The Morgan fingerprint density at radius 1 is 1.00 bits per heavy atom. The summed E-state index contributed by atoms with van der Waals surface area (Å²) in [4.78, 5) is 0. The van der Waals surface area contributed by atoms with Gasteiger partial charge in [-0.25, -0.2) is 0 Å². The van der Waals surface area contributed by atoms with E-state index in [9.17, 15) is 0 Å². The van der Waals surface area contributed by atoms with Gasteiger partial charge in [0, 0.05) is 21.7 Å². The van der Waals surface area contributed by atoms with E-state index in [1.807, 2.05) is 0 Å². The minimum atomic E-state index is 0. The van der Waals surface area contributed by atoms with E-state index in [4.69, 9.17) is 0 Å². The van der Waals surface area contributed by atoms with Gasteiger partial charge in [-0.15, -0.1) is 0 Å². The molecule has 0 aromatic rings. The Morgan fingerprint density at radius 2 is 1.50 bits per heavy atom. The quantitative estimate of drug-likeness (QED) is 0.387. The van der Waals surface area contributed by atoms with Crippen LogP contribution in [0.2, 0.25) is 0 Å². The molecule has 0 aromatic carbocycles. The van der Waals surface area contributed by atoms with Gasteiger partial charge in [-0.2, -0.15) is 0 Å². The van der Waals surface area contributed by atoms with Gasteiger partial charge in [0.05, 0.1) is 0 Å². The first-order valence-corrected chi connectivity index (χ1v) is 18.5. The summed E-state index contributed by atoms with van der Waals surface area (Å²) in [5.74, 6) is 0. The molecule has 1 rings (SSSR count). The average Bonchev–Trinajstić information content (AvgIpc) is 1.76. The molecule has 1 aliphatic heterocycles. The van der Waals surface area contributed by atoms with Crippen molar-refractivity contribution in [2.75, 3.05) is 0 Å². The van der Waals surface area contributed by atoms with E-state index in [2.05, 4.69) is 8.17 Å². The predicted octanol–water partition coefficient (Wildman–Crippen LogP) is 2.41. The van der Waals surface area contributed by atoms with Crippen molar-refractivity contribution in [3.05, 3.63) is 8.17 Å². The Labute approximate surface area is 75.6 Å². The summed E-state index contributed by atoms with van der Waals surface area (Å²) in [5.41, 5.74) is 0. The molecule has 6 heavy (non-hydrogen) atoms. The molecule has 0 aromatic heterocycles. The fourth-order valence-corrected chi connectivity index (χ4v) is 34.2. The zero-order valence-corrected chi connectivity index (χ0v) is 11.4. The van der Waals surface area contributed by atoms with Crippen LogP contribution in [0.15, 0.2) is 8.17 Å². The van der Waals surface area contributed by atoms with E-state index in [1.54, 1.807) is 0 Å².